The highest BCUT2D eigenvalue weighted by molar-refractivity contribution is 6.11. The standard InChI is InChI=1S/C16H11F2NO2/c1-19-16(20)14-12-8-11(18)6-7-13(12)21-15(14)9-2-4-10(17)5-3-9/h2-8H,1H3,(H,19,20). The van der Waals surface area contributed by atoms with Gasteiger partial charge in [-0.25, -0.2) is 8.78 Å². The van der Waals surface area contributed by atoms with Crippen molar-refractivity contribution in [3.05, 3.63) is 59.7 Å². The van der Waals surface area contributed by atoms with E-state index in [1.54, 1.807) is 0 Å². The number of furan rings is 1. The molecular formula is C16H11F2NO2. The summed E-state index contributed by atoms with van der Waals surface area (Å²) in [6.45, 7) is 0. The molecule has 0 bridgehead atoms. The number of benzene rings is 2. The smallest absolute Gasteiger partial charge is 0.255 e. The quantitative estimate of drug-likeness (QED) is 0.780. The number of nitrogens with one attached hydrogen (secondary N) is 1. The third-order valence-corrected chi connectivity index (χ3v) is 3.21. The lowest BCUT2D eigenvalue weighted by Crippen LogP contribution is -2.18. The number of fused-ring (bicyclic) bond motifs is 1. The Morgan fingerprint density at radius 3 is 2.38 bits per heavy atom. The summed E-state index contributed by atoms with van der Waals surface area (Å²) >= 11 is 0. The topological polar surface area (TPSA) is 42.2 Å². The number of rotatable bonds is 2. The van der Waals surface area contributed by atoms with Gasteiger partial charge in [-0.2, -0.15) is 0 Å². The molecule has 3 nitrogen and oxygen atoms in total. The minimum atomic E-state index is -0.459. The van der Waals surface area contributed by atoms with Crippen LogP contribution in [-0.4, -0.2) is 13.0 Å². The predicted octanol–water partition coefficient (Wildman–Crippen LogP) is 3.74. The monoisotopic (exact) mass is 287 g/mol. The first-order valence-electron chi connectivity index (χ1n) is 6.30. The van der Waals surface area contributed by atoms with E-state index in [0.29, 0.717) is 16.5 Å². The zero-order valence-electron chi connectivity index (χ0n) is 11.1. The third-order valence-electron chi connectivity index (χ3n) is 3.21. The normalized spacial score (nSPS) is 10.8. The highest BCUT2D eigenvalue weighted by atomic mass is 19.1. The number of hydrogen-bond donors (Lipinski definition) is 1. The van der Waals surface area contributed by atoms with Crippen LogP contribution in [0.2, 0.25) is 0 Å². The highest BCUT2D eigenvalue weighted by Gasteiger charge is 2.21. The molecule has 2 aromatic carbocycles. The highest BCUT2D eigenvalue weighted by Crippen LogP contribution is 2.34. The second kappa shape index (κ2) is 5.01. The van der Waals surface area contributed by atoms with Gasteiger partial charge in [0, 0.05) is 18.0 Å². The van der Waals surface area contributed by atoms with E-state index in [1.165, 1.54) is 49.5 Å². The predicted molar refractivity (Wildman–Crippen MR) is 75.0 cm³/mol. The summed E-state index contributed by atoms with van der Waals surface area (Å²) in [5.41, 5.74) is 1.18. The lowest BCUT2D eigenvalue weighted by molar-refractivity contribution is 0.0964. The Labute approximate surface area is 119 Å². The largest absolute Gasteiger partial charge is 0.455 e. The van der Waals surface area contributed by atoms with Crippen LogP contribution in [0.3, 0.4) is 0 Å². The average Bonchev–Trinajstić information content (AvgIpc) is 2.85. The van der Waals surface area contributed by atoms with Crippen LogP contribution in [0.15, 0.2) is 46.9 Å². The fourth-order valence-electron chi connectivity index (χ4n) is 2.22. The minimum absolute atomic E-state index is 0.235. The van der Waals surface area contributed by atoms with E-state index in [4.69, 9.17) is 4.42 Å². The molecule has 1 heterocycles. The molecule has 0 unspecified atom stereocenters. The first-order chi connectivity index (χ1) is 10.1. The van der Waals surface area contributed by atoms with Gasteiger partial charge in [-0.3, -0.25) is 4.79 Å². The Bertz CT molecular complexity index is 822. The van der Waals surface area contributed by atoms with Gasteiger partial charge in [-0.15, -0.1) is 0 Å². The molecule has 0 aliphatic rings. The van der Waals surface area contributed by atoms with Gasteiger partial charge in [0.05, 0.1) is 5.56 Å². The van der Waals surface area contributed by atoms with Gasteiger partial charge in [0.2, 0.25) is 0 Å². The zero-order valence-corrected chi connectivity index (χ0v) is 11.1. The van der Waals surface area contributed by atoms with E-state index in [-0.39, 0.29) is 17.1 Å². The Morgan fingerprint density at radius 2 is 1.71 bits per heavy atom. The van der Waals surface area contributed by atoms with Crippen molar-refractivity contribution in [3.63, 3.8) is 0 Å². The van der Waals surface area contributed by atoms with Crippen LogP contribution in [0.25, 0.3) is 22.3 Å². The van der Waals surface area contributed by atoms with Crippen molar-refractivity contribution in [1.82, 2.24) is 5.32 Å². The molecule has 0 saturated carbocycles. The minimum Gasteiger partial charge on any atom is -0.455 e. The van der Waals surface area contributed by atoms with Crippen molar-refractivity contribution in [3.8, 4) is 11.3 Å². The molecule has 0 saturated heterocycles. The first kappa shape index (κ1) is 13.3. The van der Waals surface area contributed by atoms with Gasteiger partial charge >= 0.3 is 0 Å². The maximum atomic E-state index is 13.4. The van der Waals surface area contributed by atoms with Gasteiger partial charge in [0.15, 0.2) is 0 Å². The molecule has 3 rings (SSSR count). The third kappa shape index (κ3) is 2.27. The summed E-state index contributed by atoms with van der Waals surface area (Å²) in [6.07, 6.45) is 0. The van der Waals surface area contributed by atoms with Crippen molar-refractivity contribution in [2.24, 2.45) is 0 Å². The van der Waals surface area contributed by atoms with Crippen molar-refractivity contribution in [2.75, 3.05) is 7.05 Å². The lowest BCUT2D eigenvalue weighted by atomic mass is 10.0. The summed E-state index contributed by atoms with van der Waals surface area (Å²) < 4.78 is 32.1. The Balaban J connectivity index is 2.30. The van der Waals surface area contributed by atoms with Gasteiger partial charge in [0.1, 0.15) is 23.0 Å². The fraction of sp³-hybridized carbons (Fsp3) is 0.0625. The zero-order chi connectivity index (χ0) is 15.0. The SMILES string of the molecule is CNC(=O)c1c(-c2ccc(F)cc2)oc2ccc(F)cc12. The van der Waals surface area contributed by atoms with Crippen molar-refractivity contribution >= 4 is 16.9 Å². The summed E-state index contributed by atoms with van der Waals surface area (Å²) in [7, 11) is 1.48. The van der Waals surface area contributed by atoms with Crippen LogP contribution in [-0.2, 0) is 0 Å². The Hall–Kier alpha value is -2.69. The van der Waals surface area contributed by atoms with Gasteiger partial charge in [-0.1, -0.05) is 0 Å². The molecule has 5 heteroatoms. The number of amides is 1. The molecule has 0 spiro atoms. The van der Waals surface area contributed by atoms with E-state index in [2.05, 4.69) is 5.32 Å². The summed E-state index contributed by atoms with van der Waals surface area (Å²) in [4.78, 5) is 12.1. The lowest BCUT2D eigenvalue weighted by Gasteiger charge is -2.02. The maximum absolute atomic E-state index is 13.4. The molecule has 0 aliphatic heterocycles. The van der Waals surface area contributed by atoms with Gasteiger partial charge in [-0.05, 0) is 42.5 Å². The second-order valence-corrected chi connectivity index (χ2v) is 4.53. The maximum Gasteiger partial charge on any atom is 0.255 e. The summed E-state index contributed by atoms with van der Waals surface area (Å²) in [5, 5.41) is 2.89. The van der Waals surface area contributed by atoms with Gasteiger partial charge < -0.3 is 9.73 Å². The van der Waals surface area contributed by atoms with Crippen LogP contribution >= 0.6 is 0 Å². The number of carbonyl (C=O) groups is 1. The van der Waals surface area contributed by atoms with Crippen LogP contribution < -0.4 is 5.32 Å². The molecule has 1 aromatic heterocycles. The van der Waals surface area contributed by atoms with Crippen LogP contribution in [0.4, 0.5) is 8.78 Å². The van der Waals surface area contributed by atoms with Crippen LogP contribution in [0, 0.1) is 11.6 Å². The Morgan fingerprint density at radius 1 is 1.05 bits per heavy atom. The first-order valence-corrected chi connectivity index (χ1v) is 6.30. The molecule has 106 valence electrons. The molecule has 21 heavy (non-hydrogen) atoms. The summed E-state index contributed by atoms with van der Waals surface area (Å²) in [5.74, 6) is -0.949. The Kier molecular flexibility index (Phi) is 3.17. The molecule has 0 radical (unpaired) electrons. The van der Waals surface area contributed by atoms with Crippen LogP contribution in [0.5, 0.6) is 0 Å². The molecule has 0 atom stereocenters. The van der Waals surface area contributed by atoms with E-state index < -0.39 is 11.7 Å². The number of halogens is 2. The van der Waals surface area contributed by atoms with E-state index in [0.717, 1.165) is 0 Å². The van der Waals surface area contributed by atoms with E-state index in [1.807, 2.05) is 0 Å². The van der Waals surface area contributed by atoms with Gasteiger partial charge in [0.25, 0.3) is 5.91 Å². The fourth-order valence-corrected chi connectivity index (χ4v) is 2.22. The average molecular weight is 287 g/mol. The van der Waals surface area contributed by atoms with Crippen molar-refractivity contribution in [2.45, 2.75) is 0 Å². The van der Waals surface area contributed by atoms with E-state index >= 15 is 0 Å². The number of hydrogen-bond acceptors (Lipinski definition) is 2. The molecule has 0 fully saturated rings. The second-order valence-electron chi connectivity index (χ2n) is 4.53. The van der Waals surface area contributed by atoms with Crippen LogP contribution in [0.1, 0.15) is 10.4 Å². The number of carbonyl (C=O) groups excluding carboxylic acids is 1. The van der Waals surface area contributed by atoms with E-state index in [9.17, 15) is 13.6 Å². The molecular weight excluding hydrogens is 276 g/mol. The molecule has 0 aliphatic carbocycles. The van der Waals surface area contributed by atoms with Crippen molar-refractivity contribution in [1.29, 1.82) is 0 Å². The molecule has 1 amide bonds. The molecule has 1 N–H and O–H groups in total. The van der Waals surface area contributed by atoms with Crippen molar-refractivity contribution < 1.29 is 18.0 Å². The summed E-state index contributed by atoms with van der Waals surface area (Å²) in [6, 6.07) is 9.54. The molecule has 3 aromatic rings.